The van der Waals surface area contributed by atoms with Gasteiger partial charge >= 0.3 is 0 Å². The Morgan fingerprint density at radius 3 is 2.38 bits per heavy atom. The van der Waals surface area contributed by atoms with Crippen LogP contribution in [-0.2, 0) is 0 Å². The standard InChI is InChI=1S/C13H7BrClN/c14-11-6-4-9(5-7-11)13-10(8-16)2-1-3-12(13)15/h1-7H. The van der Waals surface area contributed by atoms with Gasteiger partial charge in [-0.15, -0.1) is 0 Å². The highest BCUT2D eigenvalue weighted by Crippen LogP contribution is 2.31. The number of hydrogen-bond acceptors (Lipinski definition) is 1. The minimum absolute atomic E-state index is 0.592. The third-order valence-corrected chi connectivity index (χ3v) is 3.11. The highest BCUT2D eigenvalue weighted by molar-refractivity contribution is 9.10. The molecule has 0 radical (unpaired) electrons. The summed E-state index contributed by atoms with van der Waals surface area (Å²) in [6, 6.07) is 15.2. The molecule has 3 heteroatoms. The minimum Gasteiger partial charge on any atom is -0.192 e. The van der Waals surface area contributed by atoms with Crippen LogP contribution in [0.4, 0.5) is 0 Å². The zero-order chi connectivity index (χ0) is 11.5. The largest absolute Gasteiger partial charge is 0.192 e. The lowest BCUT2D eigenvalue weighted by Gasteiger charge is -2.06. The van der Waals surface area contributed by atoms with Crippen molar-refractivity contribution < 1.29 is 0 Å². The van der Waals surface area contributed by atoms with E-state index in [2.05, 4.69) is 22.0 Å². The van der Waals surface area contributed by atoms with Crippen LogP contribution in [0.1, 0.15) is 5.56 Å². The monoisotopic (exact) mass is 291 g/mol. The summed E-state index contributed by atoms with van der Waals surface area (Å²) in [5.41, 5.74) is 2.33. The fourth-order valence-corrected chi connectivity index (χ4v) is 2.08. The van der Waals surface area contributed by atoms with E-state index in [1.165, 1.54) is 0 Å². The Hall–Kier alpha value is -1.30. The number of nitrogens with zero attached hydrogens (tertiary/aromatic N) is 1. The van der Waals surface area contributed by atoms with Gasteiger partial charge in [0.1, 0.15) is 0 Å². The number of nitriles is 1. The quantitative estimate of drug-likeness (QED) is 0.751. The average molecular weight is 293 g/mol. The van der Waals surface area contributed by atoms with Crippen LogP contribution in [0.5, 0.6) is 0 Å². The normalized spacial score (nSPS) is 9.81. The molecule has 0 aliphatic rings. The first-order valence-electron chi connectivity index (χ1n) is 4.67. The van der Waals surface area contributed by atoms with Gasteiger partial charge in [0.25, 0.3) is 0 Å². The number of rotatable bonds is 1. The van der Waals surface area contributed by atoms with Crippen molar-refractivity contribution >= 4 is 27.5 Å². The molecule has 0 unspecified atom stereocenters. The predicted molar refractivity (Wildman–Crippen MR) is 69.3 cm³/mol. The second kappa shape index (κ2) is 4.69. The van der Waals surface area contributed by atoms with Gasteiger partial charge in [-0.05, 0) is 29.8 Å². The summed E-state index contributed by atoms with van der Waals surface area (Å²) in [7, 11) is 0. The van der Waals surface area contributed by atoms with Gasteiger partial charge in [-0.25, -0.2) is 0 Å². The highest BCUT2D eigenvalue weighted by atomic mass is 79.9. The lowest BCUT2D eigenvalue weighted by molar-refractivity contribution is 1.47. The molecule has 0 bridgehead atoms. The first-order valence-corrected chi connectivity index (χ1v) is 5.84. The summed E-state index contributed by atoms with van der Waals surface area (Å²) in [5, 5.41) is 9.64. The number of hydrogen-bond donors (Lipinski definition) is 0. The smallest absolute Gasteiger partial charge is 0.0998 e. The summed E-state index contributed by atoms with van der Waals surface area (Å²) in [4.78, 5) is 0. The fourth-order valence-electron chi connectivity index (χ4n) is 1.53. The van der Waals surface area contributed by atoms with Crippen LogP contribution in [0, 0.1) is 11.3 Å². The molecule has 0 amide bonds. The van der Waals surface area contributed by atoms with Gasteiger partial charge in [-0.2, -0.15) is 5.26 Å². The third-order valence-electron chi connectivity index (χ3n) is 2.27. The van der Waals surface area contributed by atoms with Crippen molar-refractivity contribution in [2.75, 3.05) is 0 Å². The second-order valence-electron chi connectivity index (χ2n) is 3.28. The molecule has 78 valence electrons. The van der Waals surface area contributed by atoms with E-state index in [1.807, 2.05) is 24.3 Å². The van der Waals surface area contributed by atoms with Gasteiger partial charge in [0.2, 0.25) is 0 Å². The zero-order valence-corrected chi connectivity index (χ0v) is 10.6. The molecule has 0 fully saturated rings. The van der Waals surface area contributed by atoms with Crippen molar-refractivity contribution in [2.45, 2.75) is 0 Å². The highest BCUT2D eigenvalue weighted by Gasteiger charge is 2.08. The minimum atomic E-state index is 0.592. The van der Waals surface area contributed by atoms with E-state index in [4.69, 9.17) is 16.9 Å². The average Bonchev–Trinajstić information content (AvgIpc) is 2.30. The topological polar surface area (TPSA) is 23.8 Å². The maximum absolute atomic E-state index is 9.04. The maximum atomic E-state index is 9.04. The maximum Gasteiger partial charge on any atom is 0.0998 e. The summed E-state index contributed by atoms with van der Waals surface area (Å²) in [6.07, 6.45) is 0. The SMILES string of the molecule is N#Cc1cccc(Cl)c1-c1ccc(Br)cc1. The van der Waals surface area contributed by atoms with Crippen LogP contribution in [-0.4, -0.2) is 0 Å². The lowest BCUT2D eigenvalue weighted by atomic mass is 10.0. The molecule has 0 aliphatic carbocycles. The molecule has 1 nitrogen and oxygen atoms in total. The van der Waals surface area contributed by atoms with Crippen molar-refractivity contribution in [2.24, 2.45) is 0 Å². The van der Waals surface area contributed by atoms with Gasteiger partial charge in [0.15, 0.2) is 0 Å². The van der Waals surface area contributed by atoms with Crippen molar-refractivity contribution in [1.82, 2.24) is 0 Å². The van der Waals surface area contributed by atoms with Crippen LogP contribution in [0.25, 0.3) is 11.1 Å². The Bertz CT molecular complexity index is 555. The lowest BCUT2D eigenvalue weighted by Crippen LogP contribution is -1.85. The third kappa shape index (κ3) is 2.11. The summed E-state index contributed by atoms with van der Waals surface area (Å²) >= 11 is 9.49. The predicted octanol–water partition coefficient (Wildman–Crippen LogP) is 4.64. The Labute approximate surface area is 107 Å². The van der Waals surface area contributed by atoms with Crippen molar-refractivity contribution in [3.05, 3.63) is 57.5 Å². The summed E-state index contributed by atoms with van der Waals surface area (Å²) in [5.74, 6) is 0. The molecule has 0 aromatic heterocycles. The van der Waals surface area contributed by atoms with Gasteiger partial charge in [0.05, 0.1) is 11.6 Å². The molecule has 2 aromatic rings. The van der Waals surface area contributed by atoms with Crippen molar-refractivity contribution in [1.29, 1.82) is 5.26 Å². The molecule has 0 heterocycles. The Kier molecular flexibility index (Phi) is 3.28. The molecule has 2 rings (SSSR count). The van der Waals surface area contributed by atoms with Crippen molar-refractivity contribution in [3.8, 4) is 17.2 Å². The molecule has 0 aliphatic heterocycles. The van der Waals surface area contributed by atoms with Crippen molar-refractivity contribution in [3.63, 3.8) is 0 Å². The molecule has 16 heavy (non-hydrogen) atoms. The van der Waals surface area contributed by atoms with E-state index in [9.17, 15) is 0 Å². The van der Waals surface area contributed by atoms with Crippen LogP contribution in [0.3, 0.4) is 0 Å². The summed E-state index contributed by atoms with van der Waals surface area (Å²) < 4.78 is 1.00. The Morgan fingerprint density at radius 2 is 1.75 bits per heavy atom. The van der Waals surface area contributed by atoms with E-state index in [1.54, 1.807) is 18.2 Å². The molecule has 0 saturated carbocycles. The zero-order valence-electron chi connectivity index (χ0n) is 8.24. The molecule has 2 aromatic carbocycles. The molecule has 0 saturated heterocycles. The first kappa shape index (κ1) is 11.2. The molecular weight excluding hydrogens is 286 g/mol. The van der Waals surface area contributed by atoms with Crippen LogP contribution < -0.4 is 0 Å². The molecule has 0 atom stereocenters. The number of halogens is 2. The van der Waals surface area contributed by atoms with Gasteiger partial charge in [0, 0.05) is 15.1 Å². The summed E-state index contributed by atoms with van der Waals surface area (Å²) in [6.45, 7) is 0. The van der Waals surface area contributed by atoms with Crippen LogP contribution >= 0.6 is 27.5 Å². The van der Waals surface area contributed by atoms with Crippen LogP contribution in [0.15, 0.2) is 46.9 Å². The molecule has 0 N–H and O–H groups in total. The van der Waals surface area contributed by atoms with E-state index < -0.39 is 0 Å². The molecular formula is C13H7BrClN. The second-order valence-corrected chi connectivity index (χ2v) is 4.60. The van der Waals surface area contributed by atoms with Gasteiger partial charge in [-0.1, -0.05) is 45.7 Å². The van der Waals surface area contributed by atoms with E-state index >= 15 is 0 Å². The van der Waals surface area contributed by atoms with E-state index in [-0.39, 0.29) is 0 Å². The Morgan fingerprint density at radius 1 is 1.06 bits per heavy atom. The van der Waals surface area contributed by atoms with Gasteiger partial charge < -0.3 is 0 Å². The Balaban J connectivity index is 2.64. The van der Waals surface area contributed by atoms with Gasteiger partial charge in [-0.3, -0.25) is 0 Å². The van der Waals surface area contributed by atoms with Crippen LogP contribution in [0.2, 0.25) is 5.02 Å². The first-order chi connectivity index (χ1) is 7.72. The fraction of sp³-hybridized carbons (Fsp3) is 0. The molecule has 0 spiro atoms. The number of benzene rings is 2. The van der Waals surface area contributed by atoms with E-state index in [0.29, 0.717) is 10.6 Å². The van der Waals surface area contributed by atoms with E-state index in [0.717, 1.165) is 15.6 Å².